The first-order valence-corrected chi connectivity index (χ1v) is 3.47. The summed E-state index contributed by atoms with van der Waals surface area (Å²) in [7, 11) is 0. The van der Waals surface area contributed by atoms with Crippen molar-refractivity contribution in [1.29, 1.82) is 0 Å². The third kappa shape index (κ3) is 0.455. The second kappa shape index (κ2) is 1.27. The summed E-state index contributed by atoms with van der Waals surface area (Å²) in [5.41, 5.74) is 0. The molecule has 8 heavy (non-hydrogen) atoms. The summed E-state index contributed by atoms with van der Waals surface area (Å²) in [6.07, 6.45) is 2.67. The quantitative estimate of drug-likeness (QED) is 0.496. The monoisotopic (exact) mass is 112 g/mol. The van der Waals surface area contributed by atoms with Crippen LogP contribution in [-0.4, -0.2) is 11.2 Å². The first kappa shape index (κ1) is 4.80. The molecule has 2 atom stereocenters. The molecule has 0 heterocycles. The van der Waals surface area contributed by atoms with Crippen LogP contribution < -0.4 is 0 Å². The van der Waals surface area contributed by atoms with E-state index in [-0.39, 0.29) is 6.10 Å². The van der Waals surface area contributed by atoms with Gasteiger partial charge in [0.25, 0.3) is 0 Å². The van der Waals surface area contributed by atoms with E-state index in [4.69, 9.17) is 5.11 Å². The molecule has 0 aromatic rings. The molecule has 0 amide bonds. The predicted octanol–water partition coefficient (Wildman–Crippen LogP) is 1.02. The van der Waals surface area contributed by atoms with Crippen LogP contribution in [-0.2, 0) is 0 Å². The van der Waals surface area contributed by atoms with Gasteiger partial charge in [-0.05, 0) is 30.6 Å². The van der Waals surface area contributed by atoms with Crippen molar-refractivity contribution in [1.82, 2.24) is 0 Å². The van der Waals surface area contributed by atoms with Gasteiger partial charge in [0.2, 0.25) is 0 Å². The molecule has 2 rings (SSSR count). The van der Waals surface area contributed by atoms with E-state index in [0.29, 0.717) is 11.8 Å². The topological polar surface area (TPSA) is 20.2 Å². The van der Waals surface area contributed by atoms with Crippen LogP contribution in [0.1, 0.15) is 19.8 Å². The second-order valence-electron chi connectivity index (χ2n) is 3.39. The number of fused-ring (bicyclic) bond motifs is 1. The van der Waals surface area contributed by atoms with Gasteiger partial charge in [-0.3, -0.25) is 0 Å². The molecular weight excluding hydrogens is 100 g/mol. The molecule has 2 aliphatic carbocycles. The normalized spacial score (nSPS) is 60.8. The van der Waals surface area contributed by atoms with Crippen molar-refractivity contribution >= 4 is 0 Å². The Morgan fingerprint density at radius 3 is 2.12 bits per heavy atom. The van der Waals surface area contributed by atoms with Crippen LogP contribution in [0.2, 0.25) is 0 Å². The number of rotatable bonds is 0. The lowest BCUT2D eigenvalue weighted by Gasteiger charge is -2.02. The molecule has 2 aliphatic rings. The average molecular weight is 112 g/mol. The molecule has 0 aliphatic heterocycles. The van der Waals surface area contributed by atoms with Gasteiger partial charge in [0.15, 0.2) is 0 Å². The lowest BCUT2D eigenvalue weighted by molar-refractivity contribution is 0.221. The molecule has 2 unspecified atom stereocenters. The van der Waals surface area contributed by atoms with Gasteiger partial charge in [-0.1, -0.05) is 6.92 Å². The molecule has 1 N–H and O–H groups in total. The van der Waals surface area contributed by atoms with Crippen LogP contribution in [0.4, 0.5) is 0 Å². The number of aliphatic hydroxyl groups is 1. The number of hydrogen-bond donors (Lipinski definition) is 1. The van der Waals surface area contributed by atoms with Gasteiger partial charge < -0.3 is 5.11 Å². The minimum absolute atomic E-state index is 0.103. The smallest absolute Gasteiger partial charge is 0.0603 e. The zero-order chi connectivity index (χ0) is 5.72. The summed E-state index contributed by atoms with van der Waals surface area (Å²) in [6.45, 7) is 2.28. The van der Waals surface area contributed by atoms with E-state index in [0.717, 1.165) is 5.92 Å². The van der Waals surface area contributed by atoms with Crippen LogP contribution in [0.3, 0.4) is 0 Å². The van der Waals surface area contributed by atoms with Gasteiger partial charge in [-0.25, -0.2) is 0 Å². The van der Waals surface area contributed by atoms with Crippen molar-refractivity contribution in [2.75, 3.05) is 0 Å². The summed E-state index contributed by atoms with van der Waals surface area (Å²) >= 11 is 0. The van der Waals surface area contributed by atoms with Crippen LogP contribution in [0, 0.1) is 17.8 Å². The Hall–Kier alpha value is -0.0400. The third-order valence-corrected chi connectivity index (χ3v) is 2.64. The highest BCUT2D eigenvalue weighted by atomic mass is 16.3. The highest BCUT2D eigenvalue weighted by Gasteiger charge is 2.53. The highest BCUT2D eigenvalue weighted by Crippen LogP contribution is 2.54. The standard InChI is InChI=1S/C7H12O/c1-4-2-5-6(3-4)7(5)8/h4-8H,2-3H2,1H3. The molecule has 46 valence electrons. The Kier molecular flexibility index (Phi) is 0.762. The lowest BCUT2D eigenvalue weighted by atomic mass is 10.1. The van der Waals surface area contributed by atoms with Crippen molar-refractivity contribution in [2.24, 2.45) is 17.8 Å². The number of aliphatic hydroxyl groups excluding tert-OH is 1. The van der Waals surface area contributed by atoms with E-state index in [9.17, 15) is 0 Å². The molecule has 0 bridgehead atoms. The molecule has 0 aromatic heterocycles. The predicted molar refractivity (Wildman–Crippen MR) is 31.4 cm³/mol. The van der Waals surface area contributed by atoms with E-state index < -0.39 is 0 Å². The van der Waals surface area contributed by atoms with Gasteiger partial charge in [-0.15, -0.1) is 0 Å². The molecular formula is C7H12O. The van der Waals surface area contributed by atoms with E-state index >= 15 is 0 Å². The molecule has 0 aromatic carbocycles. The molecule has 1 nitrogen and oxygen atoms in total. The molecule has 2 fully saturated rings. The van der Waals surface area contributed by atoms with Gasteiger partial charge in [0.1, 0.15) is 0 Å². The summed E-state index contributed by atoms with van der Waals surface area (Å²) in [5.74, 6) is 2.32. The molecule has 1 heteroatoms. The summed E-state index contributed by atoms with van der Waals surface area (Å²) < 4.78 is 0. The first-order chi connectivity index (χ1) is 3.79. The minimum Gasteiger partial charge on any atom is -0.393 e. The lowest BCUT2D eigenvalue weighted by Crippen LogP contribution is -1.97. The fourth-order valence-electron chi connectivity index (χ4n) is 2.08. The van der Waals surface area contributed by atoms with E-state index in [1.807, 2.05) is 0 Å². The molecule has 0 saturated heterocycles. The van der Waals surface area contributed by atoms with Gasteiger partial charge in [0.05, 0.1) is 6.10 Å². The minimum atomic E-state index is 0.103. The second-order valence-corrected chi connectivity index (χ2v) is 3.39. The summed E-state index contributed by atoms with van der Waals surface area (Å²) in [5, 5.41) is 9.06. The van der Waals surface area contributed by atoms with Crippen molar-refractivity contribution in [3.05, 3.63) is 0 Å². The summed E-state index contributed by atoms with van der Waals surface area (Å²) in [4.78, 5) is 0. The third-order valence-electron chi connectivity index (χ3n) is 2.64. The zero-order valence-corrected chi connectivity index (χ0v) is 5.17. The van der Waals surface area contributed by atoms with Crippen LogP contribution in [0.5, 0.6) is 0 Å². The van der Waals surface area contributed by atoms with Crippen molar-refractivity contribution < 1.29 is 5.11 Å². The average Bonchev–Trinajstić information content (AvgIpc) is 2.29. The Morgan fingerprint density at radius 1 is 1.25 bits per heavy atom. The fourth-order valence-corrected chi connectivity index (χ4v) is 2.08. The van der Waals surface area contributed by atoms with Crippen LogP contribution >= 0.6 is 0 Å². The van der Waals surface area contributed by atoms with Gasteiger partial charge in [-0.2, -0.15) is 0 Å². The fraction of sp³-hybridized carbons (Fsp3) is 1.00. The van der Waals surface area contributed by atoms with E-state index in [1.54, 1.807) is 0 Å². The maximum Gasteiger partial charge on any atom is 0.0603 e. The zero-order valence-electron chi connectivity index (χ0n) is 5.17. The molecule has 0 radical (unpaired) electrons. The Balaban J connectivity index is 2.00. The SMILES string of the molecule is CC1CC2C(O)C2C1. The summed E-state index contributed by atoms with van der Waals surface area (Å²) in [6, 6.07) is 0. The first-order valence-electron chi connectivity index (χ1n) is 3.47. The van der Waals surface area contributed by atoms with Crippen molar-refractivity contribution in [2.45, 2.75) is 25.9 Å². The Labute approximate surface area is 49.7 Å². The Morgan fingerprint density at radius 2 is 1.75 bits per heavy atom. The van der Waals surface area contributed by atoms with Gasteiger partial charge in [0, 0.05) is 0 Å². The largest absolute Gasteiger partial charge is 0.393 e. The van der Waals surface area contributed by atoms with Crippen molar-refractivity contribution in [3.63, 3.8) is 0 Å². The van der Waals surface area contributed by atoms with E-state index in [1.165, 1.54) is 12.8 Å². The van der Waals surface area contributed by atoms with Crippen LogP contribution in [0.25, 0.3) is 0 Å². The number of hydrogen-bond acceptors (Lipinski definition) is 1. The Bertz CT molecular complexity index is 99.0. The van der Waals surface area contributed by atoms with Crippen molar-refractivity contribution in [3.8, 4) is 0 Å². The maximum atomic E-state index is 9.06. The highest BCUT2D eigenvalue weighted by molar-refractivity contribution is 5.03. The van der Waals surface area contributed by atoms with Crippen LogP contribution in [0.15, 0.2) is 0 Å². The molecule has 2 saturated carbocycles. The maximum absolute atomic E-state index is 9.06. The van der Waals surface area contributed by atoms with E-state index in [2.05, 4.69) is 6.92 Å². The van der Waals surface area contributed by atoms with Gasteiger partial charge >= 0.3 is 0 Å². The molecule has 0 spiro atoms.